The van der Waals surface area contributed by atoms with E-state index in [4.69, 9.17) is 0 Å². The summed E-state index contributed by atoms with van der Waals surface area (Å²) in [5, 5.41) is 12.9. The monoisotopic (exact) mass is 774 g/mol. The van der Waals surface area contributed by atoms with Crippen LogP contribution in [0.15, 0.2) is 72.9 Å². The fourth-order valence-corrected chi connectivity index (χ4v) is 5.13. The number of alkyl halides is 15. The molecule has 7 nitrogen and oxygen atoms in total. The van der Waals surface area contributed by atoms with Gasteiger partial charge < -0.3 is 4.74 Å². The Bertz CT molecular complexity index is 2240. The molecular weight excluding hydrogens is 757 g/mol. The molecule has 6 rings (SSSR count). The Morgan fingerprint density at radius 1 is 0.547 bits per heavy atom. The predicted molar refractivity (Wildman–Crippen MR) is 153 cm³/mol. The van der Waals surface area contributed by atoms with Crippen LogP contribution in [-0.4, -0.2) is 35.6 Å². The normalized spacial score (nSPS) is 13.0. The Labute approximate surface area is 285 Å². The molecule has 0 saturated carbocycles. The number of rotatable bonds is 4. The van der Waals surface area contributed by atoms with Crippen LogP contribution in [0.3, 0.4) is 0 Å². The molecule has 4 aromatic heterocycles. The number of fused-ring (bicyclic) bond motifs is 2. The van der Waals surface area contributed by atoms with Crippen molar-refractivity contribution in [2.45, 2.75) is 44.4 Å². The van der Waals surface area contributed by atoms with Crippen molar-refractivity contribution in [2.75, 3.05) is 0 Å². The maximum Gasteiger partial charge on any atom is 0.573 e. The maximum atomic E-state index is 13.2. The van der Waals surface area contributed by atoms with E-state index in [2.05, 4.69) is 25.1 Å². The standard InChI is InChI=1S/C16H11F6N3O.C15H6F9N3/c1-2-12-11(9-3-5-10(6-4-9)26-16(20,21)22)7-8-13-23-24-14(25(12)13)15(17,18)19;16-13(17,18)8-2-3-9(10(5-8)14(19,20)21)7-1-4-11-25-26-12(15(22,23)24)27(11)6-7/h3-8H,2H2,1H3;1-6H. The lowest BCUT2D eigenvalue weighted by Gasteiger charge is -2.16. The summed E-state index contributed by atoms with van der Waals surface area (Å²) >= 11 is 0. The van der Waals surface area contributed by atoms with Gasteiger partial charge in [0.25, 0.3) is 0 Å². The highest BCUT2D eigenvalue weighted by Gasteiger charge is 2.40. The lowest BCUT2D eigenvalue weighted by Crippen LogP contribution is -2.17. The number of ether oxygens (including phenoxy) is 1. The molecular formula is C31H17F15N6O. The number of halogens is 15. The molecule has 2 aromatic carbocycles. The van der Waals surface area contributed by atoms with Crippen molar-refractivity contribution in [3.63, 3.8) is 0 Å². The second-order valence-electron chi connectivity index (χ2n) is 10.8. The molecule has 0 radical (unpaired) electrons. The number of nitrogens with zero attached hydrogens (tertiary/aromatic N) is 6. The zero-order valence-corrected chi connectivity index (χ0v) is 25.9. The largest absolute Gasteiger partial charge is 0.573 e. The van der Waals surface area contributed by atoms with Gasteiger partial charge in [0.15, 0.2) is 11.3 Å². The van der Waals surface area contributed by atoms with E-state index in [1.54, 1.807) is 13.0 Å². The molecule has 0 unspecified atom stereocenters. The van der Waals surface area contributed by atoms with Crippen molar-refractivity contribution in [1.29, 1.82) is 0 Å². The number of hydrogen-bond donors (Lipinski definition) is 0. The molecule has 0 fully saturated rings. The lowest BCUT2D eigenvalue weighted by molar-refractivity contribution is -0.274. The van der Waals surface area contributed by atoms with Crippen LogP contribution in [0, 0.1) is 0 Å². The summed E-state index contributed by atoms with van der Waals surface area (Å²) in [5.74, 6) is -3.04. The molecule has 282 valence electrons. The molecule has 0 aliphatic heterocycles. The van der Waals surface area contributed by atoms with Gasteiger partial charge in [-0.1, -0.05) is 25.1 Å². The molecule has 0 spiro atoms. The van der Waals surface area contributed by atoms with E-state index in [-0.39, 0.29) is 29.3 Å². The van der Waals surface area contributed by atoms with E-state index in [9.17, 15) is 65.9 Å². The Morgan fingerprint density at radius 3 is 1.64 bits per heavy atom. The molecule has 0 atom stereocenters. The van der Waals surface area contributed by atoms with Crippen molar-refractivity contribution in [3.05, 3.63) is 101 Å². The summed E-state index contributed by atoms with van der Waals surface area (Å²) in [7, 11) is 0. The summed E-state index contributed by atoms with van der Waals surface area (Å²) < 4.78 is 198. The van der Waals surface area contributed by atoms with Gasteiger partial charge in [0, 0.05) is 17.5 Å². The van der Waals surface area contributed by atoms with Crippen LogP contribution in [0.2, 0.25) is 0 Å². The molecule has 0 bridgehead atoms. The minimum Gasteiger partial charge on any atom is -0.406 e. The molecule has 4 heterocycles. The molecule has 6 aromatic rings. The fraction of sp³-hybridized carbons (Fsp3) is 0.226. The number of benzene rings is 2. The molecule has 0 aliphatic carbocycles. The smallest absolute Gasteiger partial charge is 0.406 e. The van der Waals surface area contributed by atoms with E-state index in [1.165, 1.54) is 18.2 Å². The number of aromatic nitrogens is 6. The van der Waals surface area contributed by atoms with Gasteiger partial charge in [-0.15, -0.1) is 33.6 Å². The summed E-state index contributed by atoms with van der Waals surface area (Å²) in [4.78, 5) is 0. The quantitative estimate of drug-likeness (QED) is 0.167. The van der Waals surface area contributed by atoms with Crippen LogP contribution in [0.1, 0.15) is 35.4 Å². The Hall–Kier alpha value is -5.57. The molecule has 53 heavy (non-hydrogen) atoms. The Balaban J connectivity index is 0.000000204. The first-order valence-electron chi connectivity index (χ1n) is 14.4. The van der Waals surface area contributed by atoms with Gasteiger partial charge >= 0.3 is 31.1 Å². The highest BCUT2D eigenvalue weighted by atomic mass is 19.4. The van der Waals surface area contributed by atoms with E-state index in [1.807, 2.05) is 0 Å². The first kappa shape index (κ1) is 38.7. The van der Waals surface area contributed by atoms with Gasteiger partial charge in [-0.25, -0.2) is 0 Å². The van der Waals surface area contributed by atoms with Gasteiger partial charge in [0.2, 0.25) is 11.6 Å². The van der Waals surface area contributed by atoms with Crippen LogP contribution in [0.25, 0.3) is 33.5 Å². The van der Waals surface area contributed by atoms with Crippen LogP contribution < -0.4 is 4.74 Å². The van der Waals surface area contributed by atoms with E-state index in [0.29, 0.717) is 39.6 Å². The second-order valence-corrected chi connectivity index (χ2v) is 10.8. The van der Waals surface area contributed by atoms with Crippen LogP contribution in [0.4, 0.5) is 65.9 Å². The van der Waals surface area contributed by atoms with Crippen molar-refractivity contribution in [2.24, 2.45) is 0 Å². The summed E-state index contributed by atoms with van der Waals surface area (Å²) in [5.41, 5.74) is -3.32. The first-order chi connectivity index (χ1) is 24.4. The topological polar surface area (TPSA) is 69.6 Å². The highest BCUT2D eigenvalue weighted by molar-refractivity contribution is 5.70. The van der Waals surface area contributed by atoms with Crippen LogP contribution in [-0.2, 0) is 31.1 Å². The zero-order chi connectivity index (χ0) is 39.3. The van der Waals surface area contributed by atoms with Gasteiger partial charge in [-0.05, 0) is 71.6 Å². The summed E-state index contributed by atoms with van der Waals surface area (Å²) in [6.07, 6.45) is -23.7. The van der Waals surface area contributed by atoms with Gasteiger partial charge in [-0.2, -0.15) is 52.7 Å². The number of pyridine rings is 2. The van der Waals surface area contributed by atoms with Crippen molar-refractivity contribution in [1.82, 2.24) is 29.2 Å². The van der Waals surface area contributed by atoms with Crippen molar-refractivity contribution >= 4 is 11.3 Å². The fourth-order valence-electron chi connectivity index (χ4n) is 5.13. The van der Waals surface area contributed by atoms with Gasteiger partial charge in [0.05, 0.1) is 11.1 Å². The van der Waals surface area contributed by atoms with Crippen molar-refractivity contribution < 1.29 is 70.6 Å². The average Bonchev–Trinajstić information content (AvgIpc) is 3.68. The first-order valence-corrected chi connectivity index (χ1v) is 14.4. The molecule has 22 heteroatoms. The number of hydrogen-bond acceptors (Lipinski definition) is 5. The van der Waals surface area contributed by atoms with Crippen LogP contribution >= 0.6 is 0 Å². The SMILES string of the molecule is CCc1c(-c2ccc(OC(F)(F)F)cc2)ccc2nnc(C(F)(F)F)n12.FC(F)(F)c1ccc(-c2ccc3nnc(C(F)(F)F)n3c2)c(C(F)(F)F)c1. The third kappa shape index (κ3) is 8.40. The molecule has 0 N–H and O–H groups in total. The van der Waals surface area contributed by atoms with Gasteiger partial charge in [-0.3, -0.25) is 8.80 Å². The Kier molecular flexibility index (Phi) is 9.80. The lowest BCUT2D eigenvalue weighted by atomic mass is 9.98. The van der Waals surface area contributed by atoms with E-state index in [0.717, 1.165) is 28.7 Å². The van der Waals surface area contributed by atoms with Gasteiger partial charge in [0.1, 0.15) is 5.75 Å². The summed E-state index contributed by atoms with van der Waals surface area (Å²) in [6, 6.07) is 10.7. The molecule has 0 aliphatic rings. The average molecular weight is 774 g/mol. The van der Waals surface area contributed by atoms with E-state index < -0.39 is 65.2 Å². The predicted octanol–water partition coefficient (Wildman–Crippen LogP) is 10.3. The minimum atomic E-state index is -5.16. The van der Waals surface area contributed by atoms with Crippen LogP contribution in [0.5, 0.6) is 5.75 Å². The third-order valence-corrected chi connectivity index (χ3v) is 7.27. The Morgan fingerprint density at radius 2 is 1.09 bits per heavy atom. The van der Waals surface area contributed by atoms with E-state index >= 15 is 0 Å². The maximum absolute atomic E-state index is 13.2. The zero-order valence-electron chi connectivity index (χ0n) is 25.9. The molecule has 0 saturated heterocycles. The molecule has 0 amide bonds. The van der Waals surface area contributed by atoms with Crippen molar-refractivity contribution in [3.8, 4) is 28.0 Å². The second kappa shape index (κ2) is 13.4. The highest BCUT2D eigenvalue weighted by Crippen LogP contribution is 2.41. The number of aryl methyl sites for hydroxylation is 1. The minimum absolute atomic E-state index is 0.0370. The summed E-state index contributed by atoms with van der Waals surface area (Å²) in [6.45, 7) is 1.67. The third-order valence-electron chi connectivity index (χ3n) is 7.27.